The molecule has 0 unspecified atom stereocenters. The van der Waals surface area contributed by atoms with Crippen LogP contribution in [-0.4, -0.2) is 55.6 Å². The molecule has 158 valence electrons. The van der Waals surface area contributed by atoms with Crippen molar-refractivity contribution in [2.45, 2.75) is 44.2 Å². The summed E-state index contributed by atoms with van der Waals surface area (Å²) in [5.41, 5.74) is 6.45. The van der Waals surface area contributed by atoms with Crippen LogP contribution in [0.15, 0.2) is 31.2 Å². The Morgan fingerprint density at radius 2 is 2.07 bits per heavy atom. The zero-order valence-electron chi connectivity index (χ0n) is 16.8. The third-order valence-electron chi connectivity index (χ3n) is 5.61. The van der Waals surface area contributed by atoms with Gasteiger partial charge >= 0.3 is 0 Å². The Morgan fingerprint density at radius 3 is 2.77 bits per heavy atom. The molecule has 1 saturated heterocycles. The second kappa shape index (κ2) is 8.52. The van der Waals surface area contributed by atoms with Crippen LogP contribution in [0.3, 0.4) is 0 Å². The van der Waals surface area contributed by atoms with Crippen molar-refractivity contribution in [3.63, 3.8) is 0 Å². The third-order valence-corrected chi connectivity index (χ3v) is 5.61. The van der Waals surface area contributed by atoms with Crippen LogP contribution >= 0.6 is 0 Å². The number of nitrogens with one attached hydrogen (secondary N) is 2. The van der Waals surface area contributed by atoms with E-state index in [9.17, 15) is 9.59 Å². The predicted molar refractivity (Wildman–Crippen MR) is 112 cm³/mol. The number of hydrogen-bond acceptors (Lipinski definition) is 7. The molecule has 1 aliphatic heterocycles. The smallest absolute Gasteiger partial charge is 0.254 e. The number of amides is 2. The maximum atomic E-state index is 11.9. The van der Waals surface area contributed by atoms with Gasteiger partial charge in [-0.25, -0.2) is 4.98 Å². The molecule has 0 aromatic carbocycles. The van der Waals surface area contributed by atoms with Crippen molar-refractivity contribution in [2.75, 3.05) is 23.7 Å². The van der Waals surface area contributed by atoms with E-state index in [1.54, 1.807) is 11.1 Å². The van der Waals surface area contributed by atoms with E-state index in [-0.39, 0.29) is 17.5 Å². The first-order valence-electron chi connectivity index (χ1n) is 10.2. The van der Waals surface area contributed by atoms with E-state index < -0.39 is 5.91 Å². The first-order chi connectivity index (χ1) is 14.5. The lowest BCUT2D eigenvalue weighted by atomic mass is 9.93. The highest BCUT2D eigenvalue weighted by Gasteiger charge is 2.24. The summed E-state index contributed by atoms with van der Waals surface area (Å²) in [6.07, 6.45) is 11.5. The van der Waals surface area contributed by atoms with E-state index >= 15 is 0 Å². The molecule has 2 fully saturated rings. The van der Waals surface area contributed by atoms with Crippen molar-refractivity contribution in [1.82, 2.24) is 24.6 Å². The van der Waals surface area contributed by atoms with Crippen LogP contribution in [-0.2, 0) is 4.79 Å². The lowest BCUT2D eigenvalue weighted by molar-refractivity contribution is -0.127. The summed E-state index contributed by atoms with van der Waals surface area (Å²) in [5, 5.41) is 10.8. The highest BCUT2D eigenvalue weighted by atomic mass is 16.2. The predicted octanol–water partition coefficient (Wildman–Crippen LogP) is 1.83. The van der Waals surface area contributed by atoms with Gasteiger partial charge in [0.1, 0.15) is 5.82 Å². The third kappa shape index (κ3) is 4.27. The van der Waals surface area contributed by atoms with Gasteiger partial charge in [-0.15, -0.1) is 0 Å². The molecule has 0 bridgehead atoms. The zero-order chi connectivity index (χ0) is 21.1. The minimum Gasteiger partial charge on any atom is -0.367 e. The largest absolute Gasteiger partial charge is 0.367 e. The van der Waals surface area contributed by atoms with E-state index in [2.05, 4.69) is 32.3 Å². The van der Waals surface area contributed by atoms with Gasteiger partial charge in [0, 0.05) is 31.5 Å². The average Bonchev–Trinajstić information content (AvgIpc) is 3.18. The summed E-state index contributed by atoms with van der Waals surface area (Å²) in [6.45, 7) is 4.91. The number of carbonyl (C=O) groups is 2. The molecule has 10 heteroatoms. The summed E-state index contributed by atoms with van der Waals surface area (Å²) >= 11 is 0. The SMILES string of the molecule is C=CC(=O)N1CCC[C@H](n2cc(Nc3ncc(C(N)=O)c(NC4CCC4)n3)cn2)C1. The summed E-state index contributed by atoms with van der Waals surface area (Å²) in [6, 6.07) is 0.410. The van der Waals surface area contributed by atoms with Crippen molar-refractivity contribution in [3.05, 3.63) is 36.8 Å². The summed E-state index contributed by atoms with van der Waals surface area (Å²) in [5.74, 6) is 0.184. The lowest BCUT2D eigenvalue weighted by Crippen LogP contribution is -2.39. The molecule has 4 N–H and O–H groups in total. The highest BCUT2D eigenvalue weighted by molar-refractivity contribution is 5.97. The maximum Gasteiger partial charge on any atom is 0.254 e. The molecule has 0 radical (unpaired) electrons. The normalized spacial score (nSPS) is 19.1. The van der Waals surface area contributed by atoms with Crippen LogP contribution in [0, 0.1) is 0 Å². The van der Waals surface area contributed by atoms with Crippen LogP contribution in [0.4, 0.5) is 17.5 Å². The van der Waals surface area contributed by atoms with Crippen molar-refractivity contribution in [1.29, 1.82) is 0 Å². The molecule has 2 aromatic heterocycles. The summed E-state index contributed by atoms with van der Waals surface area (Å²) < 4.78 is 1.86. The van der Waals surface area contributed by atoms with Crippen molar-refractivity contribution in [3.8, 4) is 0 Å². The molecule has 1 atom stereocenters. The molecular weight excluding hydrogens is 384 g/mol. The van der Waals surface area contributed by atoms with Crippen molar-refractivity contribution < 1.29 is 9.59 Å². The molecule has 2 aromatic rings. The monoisotopic (exact) mass is 410 g/mol. The molecule has 30 heavy (non-hydrogen) atoms. The second-order valence-electron chi connectivity index (χ2n) is 7.71. The second-order valence-corrected chi connectivity index (χ2v) is 7.71. The van der Waals surface area contributed by atoms with E-state index in [0.717, 1.165) is 44.3 Å². The number of anilines is 3. The summed E-state index contributed by atoms with van der Waals surface area (Å²) in [7, 11) is 0. The Kier molecular flexibility index (Phi) is 5.64. The van der Waals surface area contributed by atoms with Gasteiger partial charge in [-0.05, 0) is 38.2 Å². The minimum absolute atomic E-state index is 0.0559. The molecule has 1 saturated carbocycles. The molecule has 2 aliphatic rings. The quantitative estimate of drug-likeness (QED) is 0.593. The number of nitrogens with two attached hydrogens (primary N) is 1. The van der Waals surface area contributed by atoms with E-state index in [1.165, 1.54) is 12.3 Å². The van der Waals surface area contributed by atoms with E-state index in [0.29, 0.717) is 24.4 Å². The Bertz CT molecular complexity index is 952. The first-order valence-corrected chi connectivity index (χ1v) is 10.2. The van der Waals surface area contributed by atoms with Crippen LogP contribution in [0.5, 0.6) is 0 Å². The number of hydrogen-bond donors (Lipinski definition) is 3. The number of likely N-dealkylation sites (tertiary alicyclic amines) is 1. The molecule has 2 amide bonds. The number of rotatable bonds is 7. The van der Waals surface area contributed by atoms with Crippen LogP contribution in [0.2, 0.25) is 0 Å². The fourth-order valence-corrected chi connectivity index (χ4v) is 3.71. The molecular formula is C20H26N8O2. The number of nitrogens with zero attached hydrogens (tertiary/aromatic N) is 5. The topological polar surface area (TPSA) is 131 Å². The van der Waals surface area contributed by atoms with Crippen LogP contribution in [0.1, 0.15) is 48.5 Å². The van der Waals surface area contributed by atoms with Gasteiger partial charge < -0.3 is 21.3 Å². The standard InChI is InChI=1S/C20H26N8O2/c1-2-17(29)27-8-4-7-15(12-27)28-11-14(9-23-28)25-20-22-10-16(18(21)30)19(26-20)24-13-5-3-6-13/h2,9-11,13,15H,1,3-8,12H2,(H2,21,30)(H2,22,24,25,26)/t15-/m0/s1. The lowest BCUT2D eigenvalue weighted by Gasteiger charge is -2.32. The van der Waals surface area contributed by atoms with Gasteiger partial charge in [0.05, 0.1) is 23.5 Å². The van der Waals surface area contributed by atoms with Gasteiger partial charge in [-0.1, -0.05) is 6.58 Å². The van der Waals surface area contributed by atoms with Crippen molar-refractivity contribution in [2.24, 2.45) is 5.73 Å². The number of piperidine rings is 1. The van der Waals surface area contributed by atoms with Gasteiger partial charge in [-0.2, -0.15) is 10.1 Å². The van der Waals surface area contributed by atoms with E-state index in [4.69, 9.17) is 5.73 Å². The van der Waals surface area contributed by atoms with Crippen molar-refractivity contribution >= 4 is 29.3 Å². The van der Waals surface area contributed by atoms with Gasteiger partial charge in [0.25, 0.3) is 5.91 Å². The Balaban J connectivity index is 1.46. The fraction of sp³-hybridized carbons (Fsp3) is 0.450. The molecule has 10 nitrogen and oxygen atoms in total. The maximum absolute atomic E-state index is 11.9. The van der Waals surface area contributed by atoms with Gasteiger partial charge in [0.15, 0.2) is 0 Å². The molecule has 0 spiro atoms. The molecule has 3 heterocycles. The fourth-order valence-electron chi connectivity index (χ4n) is 3.71. The highest BCUT2D eigenvalue weighted by Crippen LogP contribution is 2.26. The Hall–Kier alpha value is -3.43. The Morgan fingerprint density at radius 1 is 1.23 bits per heavy atom. The number of carbonyl (C=O) groups excluding carboxylic acids is 2. The Labute approximate surface area is 174 Å². The zero-order valence-corrected chi connectivity index (χ0v) is 16.8. The molecule has 4 rings (SSSR count). The minimum atomic E-state index is -0.563. The van der Waals surface area contributed by atoms with Crippen LogP contribution < -0.4 is 16.4 Å². The molecule has 1 aliphatic carbocycles. The number of primary amides is 1. The van der Waals surface area contributed by atoms with Gasteiger partial charge in [0.2, 0.25) is 11.9 Å². The first kappa shape index (κ1) is 19.9. The van der Waals surface area contributed by atoms with Gasteiger partial charge in [-0.3, -0.25) is 14.3 Å². The van der Waals surface area contributed by atoms with E-state index in [1.807, 2.05) is 10.9 Å². The van der Waals surface area contributed by atoms with Crippen LogP contribution in [0.25, 0.3) is 0 Å². The number of aromatic nitrogens is 4. The summed E-state index contributed by atoms with van der Waals surface area (Å²) in [4.78, 5) is 34.0. The average molecular weight is 410 g/mol.